The lowest BCUT2D eigenvalue weighted by molar-refractivity contribution is -0.138. The van der Waals surface area contributed by atoms with E-state index < -0.39 is 53.7 Å². The molecule has 0 aliphatic rings. The summed E-state index contributed by atoms with van der Waals surface area (Å²) in [6.45, 7) is 19.3. The molecular weight excluding hydrogens is 1550 g/mol. The lowest BCUT2D eigenvalue weighted by Crippen LogP contribution is -2.15. The monoisotopic (exact) mass is 1710 g/mol. The molecule has 18 heteroatoms. The summed E-state index contributed by atoms with van der Waals surface area (Å²) in [5.74, 6) is -7.36. The Morgan fingerprint density at radius 2 is 0.252 bits per heavy atom. The van der Waals surface area contributed by atoms with Crippen molar-refractivity contribution < 1.29 is 85.8 Å². The minimum absolute atomic E-state index is 0.0262. The van der Waals surface area contributed by atoms with E-state index in [9.17, 15) is 43.2 Å². The van der Waals surface area contributed by atoms with Crippen LogP contribution in [0.2, 0.25) is 0 Å². The Kier molecular flexibility index (Phi) is 60.6. The fourth-order valence-electron chi connectivity index (χ4n) is 15.1. The van der Waals surface area contributed by atoms with Crippen LogP contribution in [0.3, 0.4) is 0 Å². The Labute approximate surface area is 742 Å². The highest BCUT2D eigenvalue weighted by Crippen LogP contribution is 2.49. The molecule has 0 heterocycles. The van der Waals surface area contributed by atoms with E-state index in [2.05, 4.69) is 62.3 Å². The van der Waals surface area contributed by atoms with Gasteiger partial charge in [0, 0.05) is 57.8 Å². The van der Waals surface area contributed by atoms with Crippen molar-refractivity contribution in [2.45, 2.75) is 467 Å². The number of unbranched alkanes of at least 4 members (excludes halogenated alkanes) is 45. The number of esters is 9. The number of benzene rings is 4. The molecule has 690 valence electrons. The van der Waals surface area contributed by atoms with Crippen molar-refractivity contribution in [2.75, 3.05) is 0 Å². The first kappa shape index (κ1) is 107. The molecule has 0 saturated heterocycles. The Bertz CT molecular complexity index is 3110. The first-order valence-corrected chi connectivity index (χ1v) is 49.5. The van der Waals surface area contributed by atoms with E-state index in [-0.39, 0.29) is 126 Å². The summed E-state index contributed by atoms with van der Waals surface area (Å²) in [6.07, 6.45) is 48.6. The Balaban J connectivity index is 2.34. The summed E-state index contributed by atoms with van der Waals surface area (Å²) in [7, 11) is 0. The zero-order chi connectivity index (χ0) is 89.1. The zero-order valence-corrected chi connectivity index (χ0v) is 78.1. The number of carbonyl (C=O) groups excluding carboxylic acids is 9. The van der Waals surface area contributed by atoms with E-state index in [0.717, 1.165) is 289 Å². The highest BCUT2D eigenvalue weighted by Gasteiger charge is 2.30. The van der Waals surface area contributed by atoms with Gasteiger partial charge in [0.1, 0.15) is 0 Å². The van der Waals surface area contributed by atoms with Crippen molar-refractivity contribution in [1.82, 2.24) is 0 Å². The maximum atomic E-state index is 14.5. The van der Waals surface area contributed by atoms with E-state index in [1.165, 1.54) is 0 Å². The Hall–Kier alpha value is -7.89. The molecule has 18 nitrogen and oxygen atoms in total. The van der Waals surface area contributed by atoms with Crippen LogP contribution in [-0.4, -0.2) is 53.7 Å². The third-order valence-electron chi connectivity index (χ3n) is 22.6. The predicted molar refractivity (Wildman–Crippen MR) is 495 cm³/mol. The van der Waals surface area contributed by atoms with Crippen molar-refractivity contribution in [3.8, 4) is 85.1 Å². The maximum absolute atomic E-state index is 14.5. The lowest BCUT2D eigenvalue weighted by Gasteiger charge is -2.20. The quantitative estimate of drug-likeness (QED) is 0.0227. The van der Waals surface area contributed by atoms with Gasteiger partial charge in [-0.15, -0.1) is 0 Å². The molecule has 4 aromatic rings. The third kappa shape index (κ3) is 48.4. The van der Waals surface area contributed by atoms with Crippen LogP contribution in [0.25, 0.3) is 33.4 Å². The number of ether oxygens (including phenoxy) is 9. The largest absolute Gasteiger partial charge is 0.422 e. The van der Waals surface area contributed by atoms with E-state index >= 15 is 0 Å². The molecule has 0 spiro atoms. The van der Waals surface area contributed by atoms with Gasteiger partial charge < -0.3 is 42.6 Å². The molecule has 4 rings (SSSR count). The van der Waals surface area contributed by atoms with Gasteiger partial charge in [0.05, 0.1) is 0 Å². The van der Waals surface area contributed by atoms with Crippen LogP contribution in [-0.2, 0) is 43.2 Å². The molecule has 0 bridgehead atoms. The summed E-state index contributed by atoms with van der Waals surface area (Å²) < 4.78 is 57.4. The number of hydrogen-bond donors (Lipinski definition) is 0. The van der Waals surface area contributed by atoms with Gasteiger partial charge in [-0.1, -0.05) is 351 Å². The maximum Gasteiger partial charge on any atom is 0.311 e. The van der Waals surface area contributed by atoms with Crippen molar-refractivity contribution in [3.05, 3.63) is 54.6 Å². The van der Waals surface area contributed by atoms with E-state index in [1.807, 2.05) is 0 Å². The van der Waals surface area contributed by atoms with Crippen LogP contribution in [0.4, 0.5) is 0 Å². The normalized spacial score (nSPS) is 11.2. The first-order chi connectivity index (χ1) is 59.9. The fraction of sp³-hybridized carbons (Fsp3) is 0.686. The third-order valence-corrected chi connectivity index (χ3v) is 22.6. The second kappa shape index (κ2) is 69.3. The second-order valence-electron chi connectivity index (χ2n) is 34.1. The molecule has 0 amide bonds. The molecule has 0 fully saturated rings. The van der Waals surface area contributed by atoms with Gasteiger partial charge in [0.25, 0.3) is 0 Å². The molecule has 0 radical (unpaired) electrons. The zero-order valence-electron chi connectivity index (χ0n) is 78.1. The SMILES string of the molecule is CCCCCCCCC(=O)Oc1cc(-c2cc(-c3cc(OC(=O)CCCCCCCC)c(OC(=O)CCCCCCCC)c(OC(=O)CCCCCCCC)c3)cc(-c3cc(OC(=O)CCCCCCCC)c(OC(=O)CCCCCCCC)c(OC(=O)CCCCCCCC)c3)c2)cc(OC(=O)CCCCCCCC)c1OC(=O)CCCCCCCC. The number of rotatable bonds is 75. The smallest absolute Gasteiger partial charge is 0.311 e. The van der Waals surface area contributed by atoms with Crippen LogP contribution >= 0.6 is 0 Å². The first-order valence-electron chi connectivity index (χ1n) is 49.5. The highest BCUT2D eigenvalue weighted by molar-refractivity contribution is 5.90. The summed E-state index contributed by atoms with van der Waals surface area (Å²) >= 11 is 0. The van der Waals surface area contributed by atoms with Crippen LogP contribution < -0.4 is 42.6 Å². The molecular formula is C105H162O18. The van der Waals surface area contributed by atoms with Crippen LogP contribution in [0, 0.1) is 0 Å². The lowest BCUT2D eigenvalue weighted by atomic mass is 9.92. The minimum atomic E-state index is -0.615. The molecule has 0 aliphatic carbocycles. The van der Waals surface area contributed by atoms with Crippen molar-refractivity contribution in [1.29, 1.82) is 0 Å². The highest BCUT2D eigenvalue weighted by atomic mass is 16.6. The molecule has 4 aromatic carbocycles. The standard InChI is InChI=1S/C105H162O18/c1-10-19-28-37-46-55-64-94(106)115-88-76-85(77-89(116-95(107)65-56-47-38-29-20-11-2)103(88)121-100(112)70-61-52-43-34-25-16-7)82-73-83(86-78-90(117-96(108)66-57-48-39-30-21-12-3)104(122-101(113)71-62-53-44-35-26-17-8)91(79-86)118-97(109)67-58-49-40-31-22-13-4)75-84(74-82)87-80-92(119-98(110)68-59-50-41-32-23-14-5)105(123-102(114)72-63-54-45-36-27-18-9)93(81-87)120-99(111)69-60-51-42-33-24-15-6/h73-81H,10-72H2,1-9H3. The summed E-state index contributed by atoms with van der Waals surface area (Å²) in [6, 6.07) is 14.8. The summed E-state index contributed by atoms with van der Waals surface area (Å²) in [5.41, 5.74) is 1.90. The summed E-state index contributed by atoms with van der Waals surface area (Å²) in [5, 5.41) is 0. The van der Waals surface area contributed by atoms with E-state index in [1.54, 1.807) is 54.6 Å². The topological polar surface area (TPSA) is 237 Å². The molecule has 123 heavy (non-hydrogen) atoms. The Morgan fingerprint density at radius 1 is 0.146 bits per heavy atom. The van der Waals surface area contributed by atoms with Gasteiger partial charge in [-0.05, 0) is 146 Å². The molecule has 0 aliphatic heterocycles. The Morgan fingerprint density at radius 3 is 0.382 bits per heavy atom. The average molecular weight is 1710 g/mol. The van der Waals surface area contributed by atoms with Crippen molar-refractivity contribution >= 4 is 53.7 Å². The summed E-state index contributed by atoms with van der Waals surface area (Å²) in [4.78, 5) is 130. The van der Waals surface area contributed by atoms with Crippen LogP contribution in [0.5, 0.6) is 51.7 Å². The van der Waals surface area contributed by atoms with Crippen LogP contribution in [0.15, 0.2) is 54.6 Å². The minimum Gasteiger partial charge on any atom is -0.422 e. The van der Waals surface area contributed by atoms with Gasteiger partial charge in [-0.3, -0.25) is 43.2 Å². The van der Waals surface area contributed by atoms with Crippen molar-refractivity contribution in [2.24, 2.45) is 0 Å². The van der Waals surface area contributed by atoms with Gasteiger partial charge in [0.15, 0.2) is 34.5 Å². The molecule has 0 saturated carbocycles. The predicted octanol–water partition coefficient (Wildman–Crippen LogP) is 30.6. The molecule has 0 N–H and O–H groups in total. The van der Waals surface area contributed by atoms with Gasteiger partial charge in [0.2, 0.25) is 17.2 Å². The van der Waals surface area contributed by atoms with E-state index in [4.69, 9.17) is 42.6 Å². The second-order valence-corrected chi connectivity index (χ2v) is 34.1. The van der Waals surface area contributed by atoms with Crippen LogP contribution in [0.1, 0.15) is 467 Å². The van der Waals surface area contributed by atoms with Crippen molar-refractivity contribution in [3.63, 3.8) is 0 Å². The molecule has 0 aromatic heterocycles. The van der Waals surface area contributed by atoms with Gasteiger partial charge in [-0.25, -0.2) is 0 Å². The molecule has 0 unspecified atom stereocenters. The molecule has 0 atom stereocenters. The van der Waals surface area contributed by atoms with E-state index in [0.29, 0.717) is 74.5 Å². The van der Waals surface area contributed by atoms with Gasteiger partial charge >= 0.3 is 53.7 Å². The number of hydrogen-bond acceptors (Lipinski definition) is 18. The van der Waals surface area contributed by atoms with Gasteiger partial charge in [-0.2, -0.15) is 0 Å². The fourth-order valence-corrected chi connectivity index (χ4v) is 15.1. The number of carbonyl (C=O) groups is 9. The average Bonchev–Trinajstić information content (AvgIpc) is 0.771.